The number of anilines is 1. The quantitative estimate of drug-likeness (QED) is 0.812. The third-order valence-electron chi connectivity index (χ3n) is 2.70. The Morgan fingerprint density at radius 1 is 1.38 bits per heavy atom. The predicted octanol–water partition coefficient (Wildman–Crippen LogP) is 2.24. The first-order valence-electron chi connectivity index (χ1n) is 5.03. The molecule has 0 saturated carbocycles. The van der Waals surface area contributed by atoms with Crippen LogP contribution in [0, 0.1) is 6.92 Å². The van der Waals surface area contributed by atoms with E-state index in [2.05, 4.69) is 4.98 Å². The van der Waals surface area contributed by atoms with Gasteiger partial charge in [-0.3, -0.25) is 0 Å². The number of nitrogens with one attached hydrogen (secondary N) is 1. The van der Waals surface area contributed by atoms with Crippen molar-refractivity contribution in [3.8, 4) is 0 Å². The van der Waals surface area contributed by atoms with Crippen LogP contribution in [0.15, 0.2) is 18.2 Å². The van der Waals surface area contributed by atoms with E-state index in [9.17, 15) is 4.79 Å². The number of aromatic amines is 1. The van der Waals surface area contributed by atoms with Gasteiger partial charge in [-0.2, -0.15) is 0 Å². The van der Waals surface area contributed by atoms with Crippen LogP contribution in [0.25, 0.3) is 10.9 Å². The van der Waals surface area contributed by atoms with Crippen molar-refractivity contribution in [2.24, 2.45) is 0 Å². The number of rotatable bonds is 2. The van der Waals surface area contributed by atoms with Gasteiger partial charge in [-0.25, -0.2) is 4.79 Å². The molecule has 2 N–H and O–H groups in total. The molecule has 0 aliphatic rings. The Balaban J connectivity index is 2.74. The molecule has 0 unspecified atom stereocenters. The van der Waals surface area contributed by atoms with Crippen LogP contribution in [-0.2, 0) is 0 Å². The number of aromatic nitrogens is 1. The lowest BCUT2D eigenvalue weighted by Gasteiger charge is -2.12. The van der Waals surface area contributed by atoms with Crippen LogP contribution in [0.3, 0.4) is 0 Å². The summed E-state index contributed by atoms with van der Waals surface area (Å²) in [6.07, 6.45) is 0. The van der Waals surface area contributed by atoms with E-state index in [4.69, 9.17) is 5.11 Å². The molecule has 0 fully saturated rings. The monoisotopic (exact) mass is 218 g/mol. The molecule has 0 radical (unpaired) electrons. The molecule has 2 aromatic rings. The average molecular weight is 218 g/mol. The Kier molecular flexibility index (Phi) is 2.34. The summed E-state index contributed by atoms with van der Waals surface area (Å²) < 4.78 is 0. The molecule has 16 heavy (non-hydrogen) atoms. The summed E-state index contributed by atoms with van der Waals surface area (Å²) in [5.74, 6) is -0.889. The van der Waals surface area contributed by atoms with Gasteiger partial charge in [-0.1, -0.05) is 0 Å². The van der Waals surface area contributed by atoms with Gasteiger partial charge in [0.1, 0.15) is 0 Å². The van der Waals surface area contributed by atoms with Crippen molar-refractivity contribution < 1.29 is 9.90 Å². The van der Waals surface area contributed by atoms with Crippen molar-refractivity contribution in [2.45, 2.75) is 6.92 Å². The number of hydrogen-bond acceptors (Lipinski definition) is 2. The van der Waals surface area contributed by atoms with Crippen molar-refractivity contribution in [2.75, 3.05) is 19.0 Å². The molecule has 0 atom stereocenters. The van der Waals surface area contributed by atoms with Gasteiger partial charge in [0.25, 0.3) is 0 Å². The van der Waals surface area contributed by atoms with Gasteiger partial charge < -0.3 is 15.0 Å². The van der Waals surface area contributed by atoms with Crippen LogP contribution in [0.1, 0.15) is 16.1 Å². The largest absolute Gasteiger partial charge is 0.478 e. The van der Waals surface area contributed by atoms with E-state index in [-0.39, 0.29) is 0 Å². The lowest BCUT2D eigenvalue weighted by Crippen LogP contribution is -2.08. The Morgan fingerprint density at radius 3 is 2.62 bits per heavy atom. The maximum absolute atomic E-state index is 11.1. The average Bonchev–Trinajstić information content (AvgIpc) is 2.51. The number of nitrogens with zero attached hydrogens (tertiary/aromatic N) is 1. The lowest BCUT2D eigenvalue weighted by atomic mass is 10.1. The van der Waals surface area contributed by atoms with Gasteiger partial charge in [-0.15, -0.1) is 0 Å². The van der Waals surface area contributed by atoms with E-state index in [1.54, 1.807) is 6.92 Å². The Labute approximate surface area is 93.5 Å². The molecule has 1 heterocycles. The predicted molar refractivity (Wildman–Crippen MR) is 64.3 cm³/mol. The Bertz CT molecular complexity index is 555. The Hall–Kier alpha value is -1.97. The minimum Gasteiger partial charge on any atom is -0.478 e. The number of fused-ring (bicyclic) bond motifs is 1. The zero-order valence-electron chi connectivity index (χ0n) is 9.53. The summed E-state index contributed by atoms with van der Waals surface area (Å²) in [4.78, 5) is 16.2. The number of aryl methyl sites for hydroxylation is 1. The number of carboxylic acids is 1. The first-order valence-corrected chi connectivity index (χ1v) is 5.03. The van der Waals surface area contributed by atoms with E-state index < -0.39 is 5.97 Å². The SMILES string of the molecule is Cc1[nH]c2ccc(N(C)C)cc2c1C(=O)O. The molecule has 1 aromatic carbocycles. The van der Waals surface area contributed by atoms with Gasteiger partial charge in [0, 0.05) is 36.4 Å². The molecule has 4 nitrogen and oxygen atoms in total. The zero-order chi connectivity index (χ0) is 11.9. The first-order chi connectivity index (χ1) is 7.50. The molecule has 1 aromatic heterocycles. The summed E-state index contributed by atoms with van der Waals surface area (Å²) in [5, 5.41) is 9.91. The summed E-state index contributed by atoms with van der Waals surface area (Å²) in [6.45, 7) is 1.78. The number of carboxylic acid groups (broad SMARTS) is 1. The second-order valence-electron chi connectivity index (χ2n) is 4.05. The highest BCUT2D eigenvalue weighted by molar-refractivity contribution is 6.05. The zero-order valence-corrected chi connectivity index (χ0v) is 9.53. The number of carbonyl (C=O) groups is 1. The van der Waals surface area contributed by atoms with Gasteiger partial charge in [0.2, 0.25) is 0 Å². The molecule has 0 amide bonds. The molecule has 2 rings (SSSR count). The maximum atomic E-state index is 11.1. The van der Waals surface area contributed by atoms with E-state index in [0.717, 1.165) is 16.6 Å². The van der Waals surface area contributed by atoms with Crippen molar-refractivity contribution in [1.82, 2.24) is 4.98 Å². The second kappa shape index (κ2) is 3.56. The van der Waals surface area contributed by atoms with Crippen molar-refractivity contribution in [3.05, 3.63) is 29.5 Å². The maximum Gasteiger partial charge on any atom is 0.338 e. The van der Waals surface area contributed by atoms with Crippen LogP contribution in [-0.4, -0.2) is 30.2 Å². The van der Waals surface area contributed by atoms with Crippen molar-refractivity contribution in [1.29, 1.82) is 0 Å². The third-order valence-corrected chi connectivity index (χ3v) is 2.70. The van der Waals surface area contributed by atoms with E-state index in [1.165, 1.54) is 0 Å². The molecule has 0 bridgehead atoms. The highest BCUT2D eigenvalue weighted by Gasteiger charge is 2.15. The number of aromatic carboxylic acids is 1. The fourth-order valence-electron chi connectivity index (χ4n) is 1.87. The van der Waals surface area contributed by atoms with Crippen molar-refractivity contribution in [3.63, 3.8) is 0 Å². The summed E-state index contributed by atoms with van der Waals surface area (Å²) in [7, 11) is 3.86. The fraction of sp³-hybridized carbons (Fsp3) is 0.250. The van der Waals surface area contributed by atoms with E-state index in [0.29, 0.717) is 11.3 Å². The minimum atomic E-state index is -0.889. The summed E-state index contributed by atoms with van der Waals surface area (Å²) in [6, 6.07) is 5.76. The van der Waals surface area contributed by atoms with Gasteiger partial charge in [-0.05, 0) is 25.1 Å². The number of hydrogen-bond donors (Lipinski definition) is 2. The third kappa shape index (κ3) is 1.52. The topological polar surface area (TPSA) is 56.3 Å². The summed E-state index contributed by atoms with van der Waals surface area (Å²) >= 11 is 0. The van der Waals surface area contributed by atoms with E-state index in [1.807, 2.05) is 37.2 Å². The van der Waals surface area contributed by atoms with Gasteiger partial charge in [0.15, 0.2) is 0 Å². The first kappa shape index (κ1) is 10.5. The molecule has 0 aliphatic heterocycles. The standard InChI is InChI=1S/C12H14N2O2/c1-7-11(12(15)16)9-6-8(14(2)3)4-5-10(9)13-7/h4-6,13H,1-3H3,(H,15,16). The molecular weight excluding hydrogens is 204 g/mol. The summed E-state index contributed by atoms with van der Waals surface area (Å²) in [5.41, 5.74) is 2.91. The fourth-order valence-corrected chi connectivity index (χ4v) is 1.87. The van der Waals surface area contributed by atoms with Crippen LogP contribution in [0.4, 0.5) is 5.69 Å². The highest BCUT2D eigenvalue weighted by atomic mass is 16.4. The van der Waals surface area contributed by atoms with Gasteiger partial charge >= 0.3 is 5.97 Å². The molecule has 0 saturated heterocycles. The van der Waals surface area contributed by atoms with Crippen LogP contribution >= 0.6 is 0 Å². The van der Waals surface area contributed by atoms with Crippen LogP contribution in [0.5, 0.6) is 0 Å². The lowest BCUT2D eigenvalue weighted by molar-refractivity contribution is 0.0698. The number of benzene rings is 1. The molecule has 0 spiro atoms. The van der Waals surface area contributed by atoms with Crippen LogP contribution < -0.4 is 4.90 Å². The molecular formula is C12H14N2O2. The molecule has 4 heteroatoms. The Morgan fingerprint density at radius 2 is 2.06 bits per heavy atom. The van der Waals surface area contributed by atoms with E-state index >= 15 is 0 Å². The highest BCUT2D eigenvalue weighted by Crippen LogP contribution is 2.26. The normalized spacial score (nSPS) is 10.7. The second-order valence-corrected chi connectivity index (χ2v) is 4.05. The van der Waals surface area contributed by atoms with Gasteiger partial charge in [0.05, 0.1) is 5.56 Å². The van der Waals surface area contributed by atoms with Crippen LogP contribution in [0.2, 0.25) is 0 Å². The van der Waals surface area contributed by atoms with Crippen molar-refractivity contribution >= 4 is 22.6 Å². The number of H-pyrrole nitrogens is 1. The molecule has 0 aliphatic carbocycles. The minimum absolute atomic E-state index is 0.360. The smallest absolute Gasteiger partial charge is 0.338 e. The molecule has 84 valence electrons.